The number of carbonyl (C=O) groups excluding carboxylic acids is 1. The van der Waals surface area contributed by atoms with E-state index in [1.54, 1.807) is 24.9 Å². The summed E-state index contributed by atoms with van der Waals surface area (Å²) in [5.41, 5.74) is 2.07. The van der Waals surface area contributed by atoms with Crippen LogP contribution in [0.3, 0.4) is 0 Å². The molecule has 0 aliphatic heterocycles. The van der Waals surface area contributed by atoms with Gasteiger partial charge in [-0.3, -0.25) is 14.8 Å². The zero-order chi connectivity index (χ0) is 16.4. The first-order chi connectivity index (χ1) is 11.1. The highest BCUT2D eigenvalue weighted by molar-refractivity contribution is 7.15. The molecule has 3 rings (SSSR count). The number of hydrogen-bond donors (Lipinski definition) is 1. The van der Waals surface area contributed by atoms with Gasteiger partial charge in [0.15, 0.2) is 0 Å². The van der Waals surface area contributed by atoms with Crippen molar-refractivity contribution in [2.45, 2.75) is 6.92 Å². The maximum Gasteiger partial charge on any atom is 0.275 e. The topological polar surface area (TPSA) is 81.9 Å². The monoisotopic (exact) mass is 329 g/mol. The van der Waals surface area contributed by atoms with Crippen molar-refractivity contribution >= 4 is 22.4 Å². The van der Waals surface area contributed by atoms with Crippen LogP contribution in [0.5, 0.6) is 5.75 Å². The summed E-state index contributed by atoms with van der Waals surface area (Å²) < 4.78 is 6.68. The van der Waals surface area contributed by atoms with Crippen molar-refractivity contribution in [1.29, 1.82) is 0 Å². The van der Waals surface area contributed by atoms with Crippen LogP contribution in [0.25, 0.3) is 11.3 Å². The molecule has 0 bridgehead atoms. The summed E-state index contributed by atoms with van der Waals surface area (Å²) >= 11 is 1.33. The average Bonchev–Trinajstić information content (AvgIpc) is 3.13. The molecule has 7 nitrogen and oxygen atoms in total. The van der Waals surface area contributed by atoms with Gasteiger partial charge in [-0.1, -0.05) is 11.3 Å². The Morgan fingerprint density at radius 3 is 2.61 bits per heavy atom. The Morgan fingerprint density at radius 2 is 2.00 bits per heavy atom. The maximum absolute atomic E-state index is 12.3. The van der Waals surface area contributed by atoms with Crippen molar-refractivity contribution < 1.29 is 9.53 Å². The second-order valence-electron chi connectivity index (χ2n) is 4.85. The molecule has 0 fully saturated rings. The molecule has 1 amide bonds. The molecule has 1 N–H and O–H groups in total. The molecule has 8 heteroatoms. The molecular weight excluding hydrogens is 314 g/mol. The summed E-state index contributed by atoms with van der Waals surface area (Å²) in [6.45, 7) is 1.83. The molecule has 0 saturated carbocycles. The fourth-order valence-corrected chi connectivity index (χ4v) is 2.68. The number of nitrogens with zero attached hydrogens (tertiary/aromatic N) is 4. The van der Waals surface area contributed by atoms with Crippen LogP contribution in [0.4, 0.5) is 5.13 Å². The molecule has 0 atom stereocenters. The van der Waals surface area contributed by atoms with Gasteiger partial charge >= 0.3 is 0 Å². The number of aryl methyl sites for hydroxylation is 2. The van der Waals surface area contributed by atoms with Crippen molar-refractivity contribution in [2.24, 2.45) is 7.05 Å². The Balaban J connectivity index is 1.83. The number of benzene rings is 1. The van der Waals surface area contributed by atoms with Crippen LogP contribution >= 0.6 is 11.3 Å². The number of ether oxygens (including phenoxy) is 1. The van der Waals surface area contributed by atoms with Crippen LogP contribution < -0.4 is 10.1 Å². The molecule has 118 valence electrons. The summed E-state index contributed by atoms with van der Waals surface area (Å²) in [7, 11) is 3.35. The maximum atomic E-state index is 12.3. The zero-order valence-corrected chi connectivity index (χ0v) is 13.7. The Bertz CT molecular complexity index is 838. The fourth-order valence-electron chi connectivity index (χ4n) is 2.09. The Labute approximate surface area is 136 Å². The van der Waals surface area contributed by atoms with Gasteiger partial charge in [0.1, 0.15) is 16.5 Å². The summed E-state index contributed by atoms with van der Waals surface area (Å²) in [4.78, 5) is 12.3. The smallest absolute Gasteiger partial charge is 0.275 e. The summed E-state index contributed by atoms with van der Waals surface area (Å²) in [5.74, 6) is 0.505. The van der Waals surface area contributed by atoms with E-state index in [0.717, 1.165) is 16.3 Å². The third-order valence-electron chi connectivity index (χ3n) is 3.24. The van der Waals surface area contributed by atoms with Gasteiger partial charge in [0.05, 0.1) is 12.8 Å². The van der Waals surface area contributed by atoms with Crippen LogP contribution in [0.1, 0.15) is 15.5 Å². The minimum Gasteiger partial charge on any atom is -0.497 e. The van der Waals surface area contributed by atoms with Gasteiger partial charge in [-0.15, -0.1) is 10.2 Å². The van der Waals surface area contributed by atoms with Crippen LogP contribution in [0.2, 0.25) is 0 Å². The van der Waals surface area contributed by atoms with E-state index >= 15 is 0 Å². The van der Waals surface area contributed by atoms with E-state index in [2.05, 4.69) is 20.6 Å². The minimum atomic E-state index is -0.268. The first kappa shape index (κ1) is 15.2. The van der Waals surface area contributed by atoms with Gasteiger partial charge in [0.2, 0.25) is 5.13 Å². The van der Waals surface area contributed by atoms with Gasteiger partial charge in [0, 0.05) is 12.6 Å². The van der Waals surface area contributed by atoms with Gasteiger partial charge in [-0.2, -0.15) is 5.10 Å². The molecule has 1 aromatic carbocycles. The number of carbonyl (C=O) groups is 1. The number of rotatable bonds is 4. The average molecular weight is 329 g/mol. The predicted molar refractivity (Wildman–Crippen MR) is 87.8 cm³/mol. The molecule has 0 radical (unpaired) electrons. The summed E-state index contributed by atoms with van der Waals surface area (Å²) in [6, 6.07) is 9.25. The van der Waals surface area contributed by atoms with E-state index in [1.165, 1.54) is 11.3 Å². The normalized spacial score (nSPS) is 10.6. The largest absolute Gasteiger partial charge is 0.497 e. The molecule has 23 heavy (non-hydrogen) atoms. The quantitative estimate of drug-likeness (QED) is 0.795. The highest BCUT2D eigenvalue weighted by atomic mass is 32.1. The Kier molecular flexibility index (Phi) is 4.07. The lowest BCUT2D eigenvalue weighted by molar-refractivity contribution is 0.101. The molecule has 2 heterocycles. The summed E-state index contributed by atoms with van der Waals surface area (Å²) in [5, 5.41) is 16.1. The lowest BCUT2D eigenvalue weighted by Gasteiger charge is -2.00. The zero-order valence-electron chi connectivity index (χ0n) is 12.9. The third kappa shape index (κ3) is 3.21. The van der Waals surface area contributed by atoms with E-state index in [4.69, 9.17) is 4.74 Å². The number of aromatic nitrogens is 4. The second-order valence-corrected chi connectivity index (χ2v) is 6.03. The van der Waals surface area contributed by atoms with Crippen molar-refractivity contribution in [3.63, 3.8) is 0 Å². The molecule has 0 saturated heterocycles. The van der Waals surface area contributed by atoms with Gasteiger partial charge in [-0.25, -0.2) is 0 Å². The number of hydrogen-bond acceptors (Lipinski definition) is 6. The molecule has 2 aromatic heterocycles. The van der Waals surface area contributed by atoms with Crippen LogP contribution in [0, 0.1) is 6.92 Å². The third-order valence-corrected chi connectivity index (χ3v) is 4.00. The first-order valence-corrected chi connectivity index (χ1v) is 7.68. The highest BCUT2D eigenvalue weighted by Gasteiger charge is 2.16. The Morgan fingerprint density at radius 1 is 1.26 bits per heavy atom. The van der Waals surface area contributed by atoms with Crippen molar-refractivity contribution in [2.75, 3.05) is 12.4 Å². The predicted octanol–water partition coefficient (Wildman–Crippen LogP) is 2.51. The second kappa shape index (κ2) is 6.17. The van der Waals surface area contributed by atoms with Crippen molar-refractivity contribution in [3.05, 3.63) is 41.0 Å². The minimum absolute atomic E-state index is 0.268. The van der Waals surface area contributed by atoms with Gasteiger partial charge in [-0.05, 0) is 37.3 Å². The Hall–Kier alpha value is -2.74. The van der Waals surface area contributed by atoms with E-state index in [9.17, 15) is 4.79 Å². The van der Waals surface area contributed by atoms with Crippen molar-refractivity contribution in [3.8, 4) is 17.0 Å². The molecule has 0 spiro atoms. The lowest BCUT2D eigenvalue weighted by atomic mass is 10.1. The standard InChI is InChI=1S/C15H15N5O2S/c1-9-17-18-15(23-9)16-14(21)13-8-12(19-20(13)2)10-4-6-11(22-3)7-5-10/h4-8H,1-3H3,(H,16,18,21). The number of anilines is 1. The highest BCUT2D eigenvalue weighted by Crippen LogP contribution is 2.22. The number of methoxy groups -OCH3 is 1. The number of nitrogens with one attached hydrogen (secondary N) is 1. The van der Waals surface area contributed by atoms with E-state index in [1.807, 2.05) is 31.2 Å². The van der Waals surface area contributed by atoms with E-state index < -0.39 is 0 Å². The van der Waals surface area contributed by atoms with E-state index in [-0.39, 0.29) is 5.91 Å². The molecule has 3 aromatic rings. The van der Waals surface area contributed by atoms with Gasteiger partial charge < -0.3 is 4.74 Å². The molecule has 0 unspecified atom stereocenters. The molecule has 0 aliphatic rings. The van der Waals surface area contributed by atoms with Gasteiger partial charge in [0.25, 0.3) is 5.91 Å². The van der Waals surface area contributed by atoms with Crippen LogP contribution in [0.15, 0.2) is 30.3 Å². The number of amides is 1. The molecule has 0 aliphatic carbocycles. The summed E-state index contributed by atoms with van der Waals surface area (Å²) in [6.07, 6.45) is 0. The lowest BCUT2D eigenvalue weighted by Crippen LogP contribution is -2.15. The van der Waals surface area contributed by atoms with Crippen LogP contribution in [-0.4, -0.2) is 33.0 Å². The first-order valence-electron chi connectivity index (χ1n) is 6.87. The van der Waals surface area contributed by atoms with E-state index in [0.29, 0.717) is 16.5 Å². The van der Waals surface area contributed by atoms with Crippen molar-refractivity contribution in [1.82, 2.24) is 20.0 Å². The van der Waals surface area contributed by atoms with Crippen LogP contribution in [-0.2, 0) is 7.05 Å². The fraction of sp³-hybridized carbons (Fsp3) is 0.200. The molecular formula is C15H15N5O2S. The SMILES string of the molecule is COc1ccc(-c2cc(C(=O)Nc3nnc(C)s3)n(C)n2)cc1.